The maximum absolute atomic E-state index is 12.2. The number of carbonyl (C=O) groups excluding carboxylic acids is 1. The summed E-state index contributed by atoms with van der Waals surface area (Å²) in [5.74, 6) is -0.327. The molecule has 0 aliphatic rings. The molecule has 0 radical (unpaired) electrons. The predicted octanol–water partition coefficient (Wildman–Crippen LogP) is 3.77. The highest BCUT2D eigenvalue weighted by atomic mass is 16.2. The Hall–Kier alpha value is -3.21. The Kier molecular flexibility index (Phi) is 4.75. The van der Waals surface area contributed by atoms with E-state index in [4.69, 9.17) is 0 Å². The number of benzene rings is 2. The number of rotatable bonds is 4. The summed E-state index contributed by atoms with van der Waals surface area (Å²) in [7, 11) is 0. The van der Waals surface area contributed by atoms with Crippen LogP contribution in [0.5, 0.6) is 0 Å². The van der Waals surface area contributed by atoms with Crippen molar-refractivity contribution in [2.75, 3.05) is 0 Å². The fourth-order valence-electron chi connectivity index (χ4n) is 2.46. The van der Waals surface area contributed by atoms with Crippen LogP contribution in [0.3, 0.4) is 0 Å². The van der Waals surface area contributed by atoms with Gasteiger partial charge in [-0.3, -0.25) is 9.89 Å². The van der Waals surface area contributed by atoms with E-state index in [0.717, 1.165) is 22.4 Å². The van der Waals surface area contributed by atoms with Crippen molar-refractivity contribution in [3.63, 3.8) is 0 Å². The van der Waals surface area contributed by atoms with Gasteiger partial charge in [-0.1, -0.05) is 42.0 Å². The average Bonchev–Trinajstić information content (AvgIpc) is 3.07. The van der Waals surface area contributed by atoms with Gasteiger partial charge in [0.2, 0.25) is 0 Å². The van der Waals surface area contributed by atoms with Crippen molar-refractivity contribution in [2.24, 2.45) is 5.10 Å². The van der Waals surface area contributed by atoms with Gasteiger partial charge >= 0.3 is 0 Å². The number of amides is 1. The van der Waals surface area contributed by atoms with Crippen LogP contribution in [0.2, 0.25) is 0 Å². The standard InChI is InChI=1S/C20H20N4O/c1-13-5-4-6-16(9-13)12-21-24-20(25)19-11-18(22-23-19)17-8-7-14(2)15(3)10-17/h4-12H,1-3H3,(H,22,23)(H,24,25)/b21-12-. The number of nitrogens with zero attached hydrogens (tertiary/aromatic N) is 2. The van der Waals surface area contributed by atoms with Crippen LogP contribution in [0, 0.1) is 20.8 Å². The fourth-order valence-corrected chi connectivity index (χ4v) is 2.46. The van der Waals surface area contributed by atoms with Crippen LogP contribution in [0.25, 0.3) is 11.3 Å². The predicted molar refractivity (Wildman–Crippen MR) is 99.7 cm³/mol. The van der Waals surface area contributed by atoms with Crippen LogP contribution in [0.1, 0.15) is 32.7 Å². The van der Waals surface area contributed by atoms with E-state index < -0.39 is 0 Å². The molecule has 1 heterocycles. The second-order valence-corrected chi connectivity index (χ2v) is 6.08. The van der Waals surface area contributed by atoms with Crippen molar-refractivity contribution in [2.45, 2.75) is 20.8 Å². The molecule has 5 heteroatoms. The van der Waals surface area contributed by atoms with Gasteiger partial charge in [-0.2, -0.15) is 10.2 Å². The van der Waals surface area contributed by atoms with Gasteiger partial charge in [0, 0.05) is 5.56 Å². The quantitative estimate of drug-likeness (QED) is 0.564. The molecule has 2 N–H and O–H groups in total. The number of hydrazone groups is 1. The van der Waals surface area contributed by atoms with Gasteiger partial charge in [0.15, 0.2) is 0 Å². The number of aromatic amines is 1. The molecule has 0 aliphatic heterocycles. The zero-order chi connectivity index (χ0) is 17.8. The van der Waals surface area contributed by atoms with E-state index in [9.17, 15) is 4.79 Å². The normalized spacial score (nSPS) is 11.0. The molecule has 0 saturated heterocycles. The molecule has 0 saturated carbocycles. The largest absolute Gasteiger partial charge is 0.289 e. The summed E-state index contributed by atoms with van der Waals surface area (Å²) < 4.78 is 0. The Morgan fingerprint density at radius 1 is 1.08 bits per heavy atom. The summed E-state index contributed by atoms with van der Waals surface area (Å²) in [6, 6.07) is 15.7. The third kappa shape index (κ3) is 4.01. The zero-order valence-electron chi connectivity index (χ0n) is 14.5. The topological polar surface area (TPSA) is 70.1 Å². The highest BCUT2D eigenvalue weighted by molar-refractivity contribution is 5.94. The van der Waals surface area contributed by atoms with Crippen molar-refractivity contribution < 1.29 is 4.79 Å². The van der Waals surface area contributed by atoms with Gasteiger partial charge in [-0.25, -0.2) is 5.43 Å². The third-order valence-electron chi connectivity index (χ3n) is 4.05. The number of aromatic nitrogens is 2. The maximum atomic E-state index is 12.2. The lowest BCUT2D eigenvalue weighted by Gasteiger charge is -2.01. The number of carbonyl (C=O) groups is 1. The molecule has 0 atom stereocenters. The Bertz CT molecular complexity index is 940. The summed E-state index contributed by atoms with van der Waals surface area (Å²) >= 11 is 0. The minimum atomic E-state index is -0.327. The van der Waals surface area contributed by atoms with E-state index >= 15 is 0 Å². The molecule has 5 nitrogen and oxygen atoms in total. The molecule has 0 spiro atoms. The number of hydrogen-bond donors (Lipinski definition) is 2. The maximum Gasteiger partial charge on any atom is 0.289 e. The van der Waals surface area contributed by atoms with E-state index in [-0.39, 0.29) is 5.91 Å². The summed E-state index contributed by atoms with van der Waals surface area (Å²) in [4.78, 5) is 12.2. The van der Waals surface area contributed by atoms with E-state index in [1.54, 1.807) is 12.3 Å². The first kappa shape index (κ1) is 16.6. The summed E-state index contributed by atoms with van der Waals surface area (Å²) in [6.45, 7) is 6.13. The molecule has 0 unspecified atom stereocenters. The van der Waals surface area contributed by atoms with E-state index in [1.165, 1.54) is 11.1 Å². The molecule has 0 bridgehead atoms. The van der Waals surface area contributed by atoms with Crippen molar-refractivity contribution in [1.29, 1.82) is 0 Å². The van der Waals surface area contributed by atoms with Gasteiger partial charge in [-0.05, 0) is 49.6 Å². The smallest absolute Gasteiger partial charge is 0.272 e. The molecule has 3 rings (SSSR count). The summed E-state index contributed by atoms with van der Waals surface area (Å²) in [5.41, 5.74) is 9.07. The Labute approximate surface area is 146 Å². The number of nitrogens with one attached hydrogen (secondary N) is 2. The molecule has 25 heavy (non-hydrogen) atoms. The van der Waals surface area contributed by atoms with Crippen LogP contribution >= 0.6 is 0 Å². The summed E-state index contributed by atoms with van der Waals surface area (Å²) in [5, 5.41) is 11.0. The Balaban J connectivity index is 1.69. The zero-order valence-corrected chi connectivity index (χ0v) is 14.5. The van der Waals surface area contributed by atoms with Gasteiger partial charge in [0.05, 0.1) is 11.9 Å². The van der Waals surface area contributed by atoms with Gasteiger partial charge in [-0.15, -0.1) is 0 Å². The van der Waals surface area contributed by atoms with Crippen LogP contribution in [0.15, 0.2) is 53.6 Å². The molecule has 1 aromatic heterocycles. The SMILES string of the molecule is Cc1cccc(/C=N\NC(=O)c2cc(-c3ccc(C)c(C)c3)n[nH]2)c1. The molecular weight excluding hydrogens is 312 g/mol. The van der Waals surface area contributed by atoms with Gasteiger partial charge in [0.1, 0.15) is 5.69 Å². The minimum Gasteiger partial charge on any atom is -0.272 e. The lowest BCUT2D eigenvalue weighted by atomic mass is 10.0. The van der Waals surface area contributed by atoms with Gasteiger partial charge in [0.25, 0.3) is 5.91 Å². The van der Waals surface area contributed by atoms with E-state index in [0.29, 0.717) is 5.69 Å². The van der Waals surface area contributed by atoms with Crippen LogP contribution < -0.4 is 5.43 Å². The highest BCUT2D eigenvalue weighted by Gasteiger charge is 2.10. The highest BCUT2D eigenvalue weighted by Crippen LogP contribution is 2.20. The molecular formula is C20H20N4O. The first-order chi connectivity index (χ1) is 12.0. The van der Waals surface area contributed by atoms with Crippen LogP contribution in [0.4, 0.5) is 0 Å². The van der Waals surface area contributed by atoms with Crippen molar-refractivity contribution in [3.05, 3.63) is 76.5 Å². The van der Waals surface area contributed by atoms with Crippen LogP contribution in [-0.4, -0.2) is 22.3 Å². The second kappa shape index (κ2) is 7.13. The molecule has 0 aliphatic carbocycles. The van der Waals surface area contributed by atoms with Crippen molar-refractivity contribution in [3.8, 4) is 11.3 Å². The van der Waals surface area contributed by atoms with Crippen LogP contribution in [-0.2, 0) is 0 Å². The molecule has 2 aromatic carbocycles. The Morgan fingerprint density at radius 3 is 2.68 bits per heavy atom. The lowest BCUT2D eigenvalue weighted by molar-refractivity contribution is 0.0950. The second-order valence-electron chi connectivity index (χ2n) is 6.08. The van der Waals surface area contributed by atoms with E-state index in [1.807, 2.05) is 43.3 Å². The lowest BCUT2D eigenvalue weighted by Crippen LogP contribution is -2.18. The first-order valence-corrected chi connectivity index (χ1v) is 8.06. The number of H-pyrrole nitrogens is 1. The fraction of sp³-hybridized carbons (Fsp3) is 0.150. The van der Waals surface area contributed by atoms with Gasteiger partial charge < -0.3 is 0 Å². The molecule has 0 fully saturated rings. The first-order valence-electron chi connectivity index (χ1n) is 8.06. The van der Waals surface area contributed by atoms with E-state index in [2.05, 4.69) is 40.6 Å². The number of aryl methyl sites for hydroxylation is 3. The van der Waals surface area contributed by atoms with Crippen molar-refractivity contribution >= 4 is 12.1 Å². The minimum absolute atomic E-state index is 0.327. The number of hydrogen-bond acceptors (Lipinski definition) is 3. The van der Waals surface area contributed by atoms with Crippen molar-refractivity contribution in [1.82, 2.24) is 15.6 Å². The molecule has 126 valence electrons. The average molecular weight is 332 g/mol. The third-order valence-corrected chi connectivity index (χ3v) is 4.05. The molecule has 3 aromatic rings. The Morgan fingerprint density at radius 2 is 1.92 bits per heavy atom. The summed E-state index contributed by atoms with van der Waals surface area (Å²) in [6.07, 6.45) is 1.62. The molecule has 1 amide bonds. The monoisotopic (exact) mass is 332 g/mol.